The van der Waals surface area contributed by atoms with Gasteiger partial charge in [-0.25, -0.2) is 4.99 Å². The average molecular weight is 540 g/mol. The van der Waals surface area contributed by atoms with Crippen molar-refractivity contribution in [1.29, 1.82) is 0 Å². The Morgan fingerprint density at radius 2 is 1.85 bits per heavy atom. The number of halogens is 3. The Kier molecular flexibility index (Phi) is 6.00. The van der Waals surface area contributed by atoms with E-state index in [1.165, 1.54) is 19.5 Å². The zero-order chi connectivity index (χ0) is 27.5. The number of amides is 1. The van der Waals surface area contributed by atoms with Gasteiger partial charge in [-0.1, -0.05) is 0 Å². The van der Waals surface area contributed by atoms with Gasteiger partial charge in [0.15, 0.2) is 5.69 Å². The molecule has 3 aromatic heterocycles. The molecule has 0 bridgehead atoms. The molecule has 39 heavy (non-hydrogen) atoms. The van der Waals surface area contributed by atoms with Crippen molar-refractivity contribution in [3.63, 3.8) is 0 Å². The molecule has 1 aliphatic heterocycles. The first kappa shape index (κ1) is 25.2. The highest BCUT2D eigenvalue weighted by molar-refractivity contribution is 5.99. The fourth-order valence-corrected chi connectivity index (χ4v) is 5.33. The third-order valence-corrected chi connectivity index (χ3v) is 7.39. The van der Waals surface area contributed by atoms with Gasteiger partial charge in [0.25, 0.3) is 11.6 Å². The Balaban J connectivity index is 1.43. The van der Waals surface area contributed by atoms with Crippen LogP contribution in [0.15, 0.2) is 46.3 Å². The Bertz CT molecular complexity index is 1640. The quantitative estimate of drug-likeness (QED) is 0.372. The Morgan fingerprint density at radius 3 is 2.56 bits per heavy atom. The van der Waals surface area contributed by atoms with Crippen molar-refractivity contribution >= 4 is 5.91 Å². The highest BCUT2D eigenvalue weighted by Gasteiger charge is 2.39. The zero-order valence-corrected chi connectivity index (χ0v) is 21.9. The van der Waals surface area contributed by atoms with Crippen LogP contribution in [0.2, 0.25) is 0 Å². The van der Waals surface area contributed by atoms with Crippen LogP contribution in [0.5, 0.6) is 0 Å². The standard InChI is InChI=1S/C27H28F3N7O2/c1-31-26-37(8-9-39-26)13-16-10-20(22-15-34(2)33-24(22)27(28,29)30)19-6-7-36(25(38)21(19)11-16)14-18-12-23(17-4-5-17)32-35(18)3/h8-12,15,17H,4-7,13-14H2,1-3H3. The molecule has 2 aliphatic rings. The highest BCUT2D eigenvalue weighted by atomic mass is 19.4. The lowest BCUT2D eigenvalue weighted by Gasteiger charge is -2.30. The van der Waals surface area contributed by atoms with Crippen LogP contribution in [0, 0.1) is 0 Å². The molecular formula is C27H28F3N7O2. The number of hydrogen-bond acceptors (Lipinski definition) is 5. The lowest BCUT2D eigenvalue weighted by Crippen LogP contribution is -2.38. The number of aryl methyl sites for hydroxylation is 2. The first-order chi connectivity index (χ1) is 18.6. The average Bonchev–Trinajstić information content (AvgIpc) is 3.34. The number of oxazole rings is 1. The summed E-state index contributed by atoms with van der Waals surface area (Å²) in [5, 5.41) is 8.32. The number of nitrogens with zero attached hydrogens (tertiary/aromatic N) is 7. The van der Waals surface area contributed by atoms with Crippen LogP contribution in [0.25, 0.3) is 11.1 Å². The molecule has 204 valence electrons. The molecule has 1 saturated carbocycles. The van der Waals surface area contributed by atoms with Crippen molar-refractivity contribution in [2.45, 2.75) is 44.4 Å². The molecule has 0 atom stereocenters. The summed E-state index contributed by atoms with van der Waals surface area (Å²) in [4.78, 5) is 19.7. The van der Waals surface area contributed by atoms with Gasteiger partial charge in [0.05, 0.1) is 24.5 Å². The van der Waals surface area contributed by atoms with Gasteiger partial charge < -0.3 is 9.32 Å². The highest BCUT2D eigenvalue weighted by Crippen LogP contribution is 2.41. The van der Waals surface area contributed by atoms with E-state index in [4.69, 9.17) is 4.42 Å². The second kappa shape index (κ2) is 9.28. The van der Waals surface area contributed by atoms with Crippen molar-refractivity contribution in [3.8, 4) is 11.1 Å². The number of carbonyl (C=O) groups is 1. The van der Waals surface area contributed by atoms with E-state index in [1.54, 1.807) is 34.8 Å². The third kappa shape index (κ3) is 4.68. The van der Waals surface area contributed by atoms with Crippen molar-refractivity contribution in [1.82, 2.24) is 29.0 Å². The van der Waals surface area contributed by atoms with Gasteiger partial charge in [-0.3, -0.25) is 18.7 Å². The Morgan fingerprint density at radius 1 is 1.08 bits per heavy atom. The maximum absolute atomic E-state index is 14.0. The monoisotopic (exact) mass is 539 g/mol. The van der Waals surface area contributed by atoms with Crippen molar-refractivity contribution in [3.05, 3.63) is 76.3 Å². The van der Waals surface area contributed by atoms with Crippen LogP contribution in [-0.2, 0) is 39.8 Å². The van der Waals surface area contributed by atoms with Crippen LogP contribution >= 0.6 is 0 Å². The van der Waals surface area contributed by atoms with E-state index in [2.05, 4.69) is 21.3 Å². The summed E-state index contributed by atoms with van der Waals surface area (Å²) in [5.41, 5.74) is 3.35. The van der Waals surface area contributed by atoms with E-state index in [0.29, 0.717) is 53.4 Å². The number of alkyl halides is 3. The predicted octanol–water partition coefficient (Wildman–Crippen LogP) is 3.89. The third-order valence-electron chi connectivity index (χ3n) is 7.39. The summed E-state index contributed by atoms with van der Waals surface area (Å²) >= 11 is 0. The van der Waals surface area contributed by atoms with Crippen LogP contribution < -0.4 is 5.68 Å². The van der Waals surface area contributed by atoms with E-state index < -0.39 is 11.9 Å². The van der Waals surface area contributed by atoms with E-state index in [9.17, 15) is 18.0 Å². The van der Waals surface area contributed by atoms with Crippen molar-refractivity contribution < 1.29 is 22.4 Å². The molecule has 0 unspecified atom stereocenters. The molecular weight excluding hydrogens is 511 g/mol. The summed E-state index contributed by atoms with van der Waals surface area (Å²) in [6.45, 7) is 1.04. The minimum Gasteiger partial charge on any atom is -0.432 e. The first-order valence-corrected chi connectivity index (χ1v) is 12.8. The molecule has 1 amide bonds. The van der Waals surface area contributed by atoms with Gasteiger partial charge in [-0.2, -0.15) is 23.4 Å². The lowest BCUT2D eigenvalue weighted by molar-refractivity contribution is -0.140. The molecule has 4 aromatic rings. The number of carbonyl (C=O) groups excluding carboxylic acids is 1. The second-order valence-electron chi connectivity index (χ2n) is 10.2. The summed E-state index contributed by atoms with van der Waals surface area (Å²) in [6, 6.07) is 5.55. The molecule has 0 N–H and O–H groups in total. The fraction of sp³-hybridized carbons (Fsp3) is 0.407. The number of rotatable bonds is 6. The normalized spacial score (nSPS) is 16.3. The van der Waals surface area contributed by atoms with E-state index in [0.717, 1.165) is 28.9 Å². The molecule has 1 fully saturated rings. The van der Waals surface area contributed by atoms with Gasteiger partial charge in [-0.15, -0.1) is 0 Å². The molecule has 12 heteroatoms. The number of hydrogen-bond donors (Lipinski definition) is 0. The Labute approximate surface area is 222 Å². The molecule has 9 nitrogen and oxygen atoms in total. The number of aromatic nitrogens is 5. The van der Waals surface area contributed by atoms with Crippen LogP contribution in [0.3, 0.4) is 0 Å². The van der Waals surface area contributed by atoms with E-state index in [1.807, 2.05) is 11.7 Å². The lowest BCUT2D eigenvalue weighted by atomic mass is 9.88. The van der Waals surface area contributed by atoms with Crippen LogP contribution in [-0.4, -0.2) is 48.5 Å². The molecule has 1 aliphatic carbocycles. The number of benzene rings is 1. The largest absolute Gasteiger partial charge is 0.435 e. The first-order valence-electron chi connectivity index (χ1n) is 12.8. The summed E-state index contributed by atoms with van der Waals surface area (Å²) in [5.74, 6) is 0.277. The van der Waals surface area contributed by atoms with E-state index >= 15 is 0 Å². The van der Waals surface area contributed by atoms with Gasteiger partial charge in [-0.05, 0) is 54.2 Å². The minimum absolute atomic E-state index is 0.0392. The van der Waals surface area contributed by atoms with Crippen molar-refractivity contribution in [2.75, 3.05) is 13.6 Å². The van der Waals surface area contributed by atoms with Crippen LogP contribution in [0.4, 0.5) is 13.2 Å². The van der Waals surface area contributed by atoms with Crippen molar-refractivity contribution in [2.24, 2.45) is 19.1 Å². The van der Waals surface area contributed by atoms with Crippen LogP contribution in [0.1, 0.15) is 57.3 Å². The summed E-state index contributed by atoms with van der Waals surface area (Å²) < 4.78 is 52.0. The minimum atomic E-state index is -4.64. The molecule has 0 radical (unpaired) electrons. The molecule has 6 rings (SSSR count). The van der Waals surface area contributed by atoms with E-state index in [-0.39, 0.29) is 18.0 Å². The molecule has 1 aromatic carbocycles. The number of fused-ring (bicyclic) bond motifs is 1. The SMILES string of the molecule is CN=c1occn1Cc1cc2c(c(-c3cn(C)nc3C(F)(F)F)c1)CCN(Cc1cc(C3CC3)nn1C)C2=O. The summed E-state index contributed by atoms with van der Waals surface area (Å²) in [7, 11) is 4.93. The molecule has 0 saturated heterocycles. The molecule has 0 spiro atoms. The maximum Gasteiger partial charge on any atom is 0.435 e. The van der Waals surface area contributed by atoms with Gasteiger partial charge >= 0.3 is 6.18 Å². The van der Waals surface area contributed by atoms with Gasteiger partial charge in [0.1, 0.15) is 6.26 Å². The summed E-state index contributed by atoms with van der Waals surface area (Å²) in [6.07, 6.45) is 2.59. The van der Waals surface area contributed by atoms with Gasteiger partial charge in [0.2, 0.25) is 0 Å². The predicted molar refractivity (Wildman–Crippen MR) is 135 cm³/mol. The second-order valence-corrected chi connectivity index (χ2v) is 10.2. The maximum atomic E-state index is 14.0. The van der Waals surface area contributed by atoms with Gasteiger partial charge in [0, 0.05) is 57.1 Å². The zero-order valence-electron chi connectivity index (χ0n) is 21.9. The Hall–Kier alpha value is -4.09. The topological polar surface area (TPSA) is 86.4 Å². The smallest absolute Gasteiger partial charge is 0.432 e. The fourth-order valence-electron chi connectivity index (χ4n) is 5.33. The molecule has 4 heterocycles.